The van der Waals surface area contributed by atoms with Crippen LogP contribution in [0.4, 0.5) is 0 Å². The Labute approximate surface area is 151 Å². The van der Waals surface area contributed by atoms with Gasteiger partial charge in [0, 0.05) is 18.1 Å². The molecule has 0 fully saturated rings. The zero-order valence-corrected chi connectivity index (χ0v) is 15.4. The van der Waals surface area contributed by atoms with Gasteiger partial charge < -0.3 is 0 Å². The third-order valence-electron chi connectivity index (χ3n) is 4.45. The number of aromatic nitrogens is 5. The summed E-state index contributed by atoms with van der Waals surface area (Å²) in [5, 5.41) is 9.08. The van der Waals surface area contributed by atoms with Gasteiger partial charge >= 0.3 is 0 Å². The van der Waals surface area contributed by atoms with Crippen LogP contribution in [0.3, 0.4) is 0 Å². The smallest absolute Gasteiger partial charge is 0.244 e. The first-order valence-corrected chi connectivity index (χ1v) is 9.98. The lowest BCUT2D eigenvalue weighted by molar-refractivity contribution is 0.568. The molecule has 0 saturated carbocycles. The van der Waals surface area contributed by atoms with Gasteiger partial charge in [0.15, 0.2) is 5.65 Å². The third kappa shape index (κ3) is 2.57. The molecule has 134 valence electrons. The van der Waals surface area contributed by atoms with Crippen molar-refractivity contribution < 1.29 is 8.42 Å². The van der Waals surface area contributed by atoms with Crippen LogP contribution < -0.4 is 0 Å². The standard InChI is InChI=1S/C18H19N5O2S/c1-3-4-10-22-17-15-9-11-23(18(15)19-12-16(17)20-21-22)26(24,25)14-7-5-13(2)6-8-14/h5-9,11-12H,3-4,10H2,1-2H3. The Morgan fingerprint density at radius 3 is 2.62 bits per heavy atom. The van der Waals surface area contributed by atoms with E-state index in [4.69, 9.17) is 0 Å². The molecule has 1 aromatic carbocycles. The molecular weight excluding hydrogens is 350 g/mol. The highest BCUT2D eigenvalue weighted by atomic mass is 32.2. The van der Waals surface area contributed by atoms with E-state index in [9.17, 15) is 8.42 Å². The first kappa shape index (κ1) is 16.7. The molecule has 0 bridgehead atoms. The Morgan fingerprint density at radius 1 is 1.12 bits per heavy atom. The van der Waals surface area contributed by atoms with E-state index in [0.29, 0.717) is 11.2 Å². The van der Waals surface area contributed by atoms with Gasteiger partial charge in [-0.15, -0.1) is 5.10 Å². The van der Waals surface area contributed by atoms with E-state index in [2.05, 4.69) is 22.2 Å². The van der Waals surface area contributed by atoms with Gasteiger partial charge in [-0.05, 0) is 31.5 Å². The molecule has 0 spiro atoms. The molecule has 26 heavy (non-hydrogen) atoms. The fraction of sp³-hybridized carbons (Fsp3) is 0.278. The first-order valence-electron chi connectivity index (χ1n) is 8.54. The normalized spacial score (nSPS) is 12.2. The van der Waals surface area contributed by atoms with E-state index < -0.39 is 10.0 Å². The molecule has 0 saturated heterocycles. The number of nitrogens with zero attached hydrogens (tertiary/aromatic N) is 5. The predicted molar refractivity (Wildman–Crippen MR) is 99.5 cm³/mol. The molecule has 8 heteroatoms. The number of hydrogen-bond acceptors (Lipinski definition) is 5. The maximum Gasteiger partial charge on any atom is 0.269 e. The minimum atomic E-state index is -3.72. The molecule has 0 N–H and O–H groups in total. The van der Waals surface area contributed by atoms with Gasteiger partial charge in [-0.25, -0.2) is 22.1 Å². The Morgan fingerprint density at radius 2 is 1.88 bits per heavy atom. The summed E-state index contributed by atoms with van der Waals surface area (Å²) in [5.74, 6) is 0. The van der Waals surface area contributed by atoms with Gasteiger partial charge in [-0.3, -0.25) is 0 Å². The number of rotatable bonds is 5. The SMILES string of the molecule is CCCCn1nnc2cnc3c(ccn3S(=O)(=O)c3ccc(C)cc3)c21. The van der Waals surface area contributed by atoms with Crippen LogP contribution >= 0.6 is 0 Å². The Hall–Kier alpha value is -2.74. The number of fused-ring (bicyclic) bond motifs is 3. The molecule has 3 aromatic heterocycles. The maximum atomic E-state index is 13.0. The van der Waals surface area contributed by atoms with Gasteiger partial charge in [0.1, 0.15) is 11.0 Å². The summed E-state index contributed by atoms with van der Waals surface area (Å²) in [5.41, 5.74) is 2.88. The molecule has 0 amide bonds. The molecule has 4 rings (SSSR count). The Kier molecular flexibility index (Phi) is 3.99. The second-order valence-corrected chi connectivity index (χ2v) is 8.14. The van der Waals surface area contributed by atoms with Crippen molar-refractivity contribution in [3.05, 3.63) is 48.3 Å². The van der Waals surface area contributed by atoms with E-state index in [-0.39, 0.29) is 4.90 Å². The van der Waals surface area contributed by atoms with Crippen LogP contribution in [0.5, 0.6) is 0 Å². The molecule has 0 aliphatic carbocycles. The summed E-state index contributed by atoms with van der Waals surface area (Å²) in [6.07, 6.45) is 5.14. The number of benzene rings is 1. The predicted octanol–water partition coefficient (Wildman–Crippen LogP) is 3.13. The molecule has 7 nitrogen and oxygen atoms in total. The average Bonchev–Trinajstić information content (AvgIpc) is 3.24. The zero-order chi connectivity index (χ0) is 18.3. The van der Waals surface area contributed by atoms with E-state index in [1.165, 1.54) is 3.97 Å². The number of hydrogen-bond donors (Lipinski definition) is 0. The summed E-state index contributed by atoms with van der Waals surface area (Å²) in [6.45, 7) is 4.77. The highest BCUT2D eigenvalue weighted by Gasteiger charge is 2.21. The van der Waals surface area contributed by atoms with Crippen LogP contribution in [0.2, 0.25) is 0 Å². The third-order valence-corrected chi connectivity index (χ3v) is 6.13. The first-order chi connectivity index (χ1) is 12.5. The Bertz CT molecular complexity index is 1190. The second-order valence-electron chi connectivity index (χ2n) is 6.33. The lowest BCUT2D eigenvalue weighted by Crippen LogP contribution is -2.12. The van der Waals surface area contributed by atoms with E-state index in [0.717, 1.165) is 35.9 Å². The monoisotopic (exact) mass is 369 g/mol. The summed E-state index contributed by atoms with van der Waals surface area (Å²) < 4.78 is 29.1. The fourth-order valence-corrected chi connectivity index (χ4v) is 4.31. The number of unbranched alkanes of at least 4 members (excludes halogenated alkanes) is 1. The summed E-state index contributed by atoms with van der Waals surface area (Å²) in [7, 11) is -3.72. The van der Waals surface area contributed by atoms with Gasteiger partial charge in [0.25, 0.3) is 10.0 Å². The number of aryl methyl sites for hydroxylation is 2. The quantitative estimate of drug-likeness (QED) is 0.540. The lowest BCUT2D eigenvalue weighted by atomic mass is 10.2. The molecule has 0 radical (unpaired) electrons. The number of pyridine rings is 1. The van der Waals surface area contributed by atoms with Crippen molar-refractivity contribution in [1.82, 2.24) is 24.0 Å². The second kappa shape index (κ2) is 6.21. The Balaban J connectivity index is 1.91. The van der Waals surface area contributed by atoms with Crippen LogP contribution in [0.25, 0.3) is 22.1 Å². The topological polar surface area (TPSA) is 82.7 Å². The van der Waals surface area contributed by atoms with Crippen LogP contribution in [-0.4, -0.2) is 32.4 Å². The average molecular weight is 369 g/mol. The van der Waals surface area contributed by atoms with Crippen molar-refractivity contribution >= 4 is 32.1 Å². The van der Waals surface area contributed by atoms with Gasteiger partial charge in [-0.2, -0.15) is 0 Å². The minimum Gasteiger partial charge on any atom is -0.244 e. The highest BCUT2D eigenvalue weighted by Crippen LogP contribution is 2.26. The van der Waals surface area contributed by atoms with Crippen molar-refractivity contribution in [3.8, 4) is 0 Å². The fourth-order valence-electron chi connectivity index (χ4n) is 3.01. The summed E-state index contributed by atoms with van der Waals surface area (Å²) in [6, 6.07) is 8.56. The van der Waals surface area contributed by atoms with Crippen molar-refractivity contribution in [2.24, 2.45) is 0 Å². The van der Waals surface area contributed by atoms with Crippen LogP contribution in [-0.2, 0) is 16.6 Å². The van der Waals surface area contributed by atoms with Crippen molar-refractivity contribution in [3.63, 3.8) is 0 Å². The zero-order valence-electron chi connectivity index (χ0n) is 14.6. The van der Waals surface area contributed by atoms with Crippen molar-refractivity contribution in [2.45, 2.75) is 38.1 Å². The van der Waals surface area contributed by atoms with E-state index in [1.54, 1.807) is 42.7 Å². The van der Waals surface area contributed by atoms with Crippen LogP contribution in [0.1, 0.15) is 25.3 Å². The van der Waals surface area contributed by atoms with Crippen LogP contribution in [0, 0.1) is 6.92 Å². The highest BCUT2D eigenvalue weighted by molar-refractivity contribution is 7.90. The van der Waals surface area contributed by atoms with Gasteiger partial charge in [-0.1, -0.05) is 36.3 Å². The summed E-state index contributed by atoms with van der Waals surface area (Å²) in [4.78, 5) is 4.58. The van der Waals surface area contributed by atoms with Crippen molar-refractivity contribution in [1.29, 1.82) is 0 Å². The minimum absolute atomic E-state index is 0.236. The molecule has 4 aromatic rings. The molecule has 0 unspecified atom stereocenters. The van der Waals surface area contributed by atoms with Gasteiger partial charge in [0.05, 0.1) is 11.1 Å². The molecule has 3 heterocycles. The summed E-state index contributed by atoms with van der Waals surface area (Å²) >= 11 is 0. The molecule has 0 aliphatic rings. The molecule has 0 atom stereocenters. The molecule has 0 aliphatic heterocycles. The molecular formula is C18H19N5O2S. The van der Waals surface area contributed by atoms with Crippen LogP contribution in [0.15, 0.2) is 47.6 Å². The van der Waals surface area contributed by atoms with Gasteiger partial charge in [0.2, 0.25) is 0 Å². The lowest BCUT2D eigenvalue weighted by Gasteiger charge is -2.07. The van der Waals surface area contributed by atoms with Crippen molar-refractivity contribution in [2.75, 3.05) is 0 Å². The largest absolute Gasteiger partial charge is 0.269 e. The van der Waals surface area contributed by atoms with E-state index >= 15 is 0 Å². The van der Waals surface area contributed by atoms with E-state index in [1.807, 2.05) is 11.6 Å². The maximum absolute atomic E-state index is 13.0.